The van der Waals surface area contributed by atoms with Gasteiger partial charge in [0.05, 0.1) is 12.8 Å². The maximum atomic E-state index is 11.7. The number of rotatable bonds is 5. The predicted octanol–water partition coefficient (Wildman–Crippen LogP) is 2.75. The van der Waals surface area contributed by atoms with Gasteiger partial charge in [-0.2, -0.15) is 0 Å². The molecule has 6 heteroatoms. The minimum absolute atomic E-state index is 0.246. The Morgan fingerprint density at radius 2 is 2.33 bits per heavy atom. The van der Waals surface area contributed by atoms with Crippen molar-refractivity contribution in [1.29, 1.82) is 0 Å². The zero-order valence-corrected chi connectivity index (χ0v) is 11.3. The molecule has 0 saturated heterocycles. The third-order valence-electron chi connectivity index (χ3n) is 2.39. The van der Waals surface area contributed by atoms with Gasteiger partial charge in [0.2, 0.25) is 0 Å². The maximum Gasteiger partial charge on any atom is 0.287 e. The quantitative estimate of drug-likeness (QED) is 0.921. The van der Waals surface area contributed by atoms with E-state index in [0.29, 0.717) is 17.0 Å². The summed E-state index contributed by atoms with van der Waals surface area (Å²) < 4.78 is 16.1. The fourth-order valence-corrected chi connectivity index (χ4v) is 1.79. The standard InChI is InChI=1S/C12H12BrNO4/c1-16-10(8-3-2-6-17-8)7-14-12(15)9-4-5-11(13)18-9/h2-6,10H,7H2,1H3,(H,14,15). The van der Waals surface area contributed by atoms with E-state index in [1.54, 1.807) is 37.6 Å². The molecule has 2 aromatic heterocycles. The molecule has 0 aliphatic carbocycles. The topological polar surface area (TPSA) is 64.6 Å². The monoisotopic (exact) mass is 313 g/mol. The minimum atomic E-state index is -0.317. The Morgan fingerprint density at radius 1 is 1.50 bits per heavy atom. The van der Waals surface area contributed by atoms with Crippen LogP contribution >= 0.6 is 15.9 Å². The second-order valence-electron chi connectivity index (χ2n) is 3.55. The third kappa shape index (κ3) is 3.02. The van der Waals surface area contributed by atoms with E-state index in [0.717, 1.165) is 0 Å². The lowest BCUT2D eigenvalue weighted by Crippen LogP contribution is -2.28. The summed E-state index contributed by atoms with van der Waals surface area (Å²) in [5.74, 6) is 0.615. The summed E-state index contributed by atoms with van der Waals surface area (Å²) >= 11 is 3.14. The van der Waals surface area contributed by atoms with Crippen molar-refractivity contribution in [2.45, 2.75) is 6.10 Å². The highest BCUT2D eigenvalue weighted by Crippen LogP contribution is 2.17. The molecule has 0 aliphatic rings. The van der Waals surface area contributed by atoms with Crippen LogP contribution in [0, 0.1) is 0 Å². The number of methoxy groups -OCH3 is 1. The molecule has 1 amide bonds. The largest absolute Gasteiger partial charge is 0.467 e. The molecule has 2 rings (SSSR count). The van der Waals surface area contributed by atoms with Crippen molar-refractivity contribution >= 4 is 21.8 Å². The van der Waals surface area contributed by atoms with Gasteiger partial charge in [-0.15, -0.1) is 0 Å². The third-order valence-corrected chi connectivity index (χ3v) is 2.82. The van der Waals surface area contributed by atoms with Crippen molar-refractivity contribution < 1.29 is 18.4 Å². The highest BCUT2D eigenvalue weighted by atomic mass is 79.9. The number of carbonyl (C=O) groups is 1. The summed E-state index contributed by atoms with van der Waals surface area (Å²) in [6.45, 7) is 0.307. The van der Waals surface area contributed by atoms with Crippen LogP contribution in [0.1, 0.15) is 22.4 Å². The van der Waals surface area contributed by atoms with Gasteiger partial charge in [-0.05, 0) is 40.2 Å². The van der Waals surface area contributed by atoms with Crippen molar-refractivity contribution in [1.82, 2.24) is 5.32 Å². The molecule has 0 fully saturated rings. The number of hydrogen-bond acceptors (Lipinski definition) is 4. The minimum Gasteiger partial charge on any atom is -0.467 e. The predicted molar refractivity (Wildman–Crippen MR) is 67.2 cm³/mol. The van der Waals surface area contributed by atoms with Crippen LogP contribution in [0.3, 0.4) is 0 Å². The maximum absolute atomic E-state index is 11.7. The summed E-state index contributed by atoms with van der Waals surface area (Å²) in [7, 11) is 1.56. The first-order valence-electron chi connectivity index (χ1n) is 5.30. The van der Waals surface area contributed by atoms with Gasteiger partial charge in [0.1, 0.15) is 11.9 Å². The van der Waals surface area contributed by atoms with E-state index in [2.05, 4.69) is 21.2 Å². The molecule has 0 aromatic carbocycles. The smallest absolute Gasteiger partial charge is 0.287 e. The molecule has 2 aromatic rings. The van der Waals surface area contributed by atoms with Gasteiger partial charge >= 0.3 is 0 Å². The molecule has 18 heavy (non-hydrogen) atoms. The first-order chi connectivity index (χ1) is 8.70. The lowest BCUT2D eigenvalue weighted by molar-refractivity contribution is 0.0724. The van der Waals surface area contributed by atoms with Crippen LogP contribution in [-0.2, 0) is 4.74 Å². The van der Waals surface area contributed by atoms with Crippen LogP contribution in [0.2, 0.25) is 0 Å². The number of nitrogens with one attached hydrogen (secondary N) is 1. The zero-order valence-electron chi connectivity index (χ0n) is 9.68. The van der Waals surface area contributed by atoms with Crippen molar-refractivity contribution in [3.63, 3.8) is 0 Å². The number of ether oxygens (including phenoxy) is 1. The van der Waals surface area contributed by atoms with Crippen LogP contribution in [-0.4, -0.2) is 19.6 Å². The van der Waals surface area contributed by atoms with Gasteiger partial charge in [-0.25, -0.2) is 0 Å². The Kier molecular flexibility index (Phi) is 4.22. The van der Waals surface area contributed by atoms with E-state index < -0.39 is 0 Å². The Balaban J connectivity index is 1.92. The second kappa shape index (κ2) is 5.88. The average Bonchev–Trinajstić information content (AvgIpc) is 3.01. The SMILES string of the molecule is COC(CNC(=O)c1ccc(Br)o1)c1ccco1. The Bertz CT molecular complexity index is 506. The molecule has 2 heterocycles. The lowest BCUT2D eigenvalue weighted by atomic mass is 10.2. The molecule has 0 spiro atoms. The number of halogens is 1. The normalized spacial score (nSPS) is 12.3. The van der Waals surface area contributed by atoms with Crippen LogP contribution in [0.5, 0.6) is 0 Å². The van der Waals surface area contributed by atoms with E-state index in [1.165, 1.54) is 0 Å². The van der Waals surface area contributed by atoms with Gasteiger partial charge in [-0.3, -0.25) is 4.79 Å². The first kappa shape index (κ1) is 12.9. The van der Waals surface area contributed by atoms with Crippen LogP contribution < -0.4 is 5.32 Å². The van der Waals surface area contributed by atoms with E-state index in [1.807, 2.05) is 0 Å². The lowest BCUT2D eigenvalue weighted by Gasteiger charge is -2.12. The summed E-state index contributed by atoms with van der Waals surface area (Å²) in [5.41, 5.74) is 0. The van der Waals surface area contributed by atoms with E-state index in [-0.39, 0.29) is 17.8 Å². The number of furan rings is 2. The van der Waals surface area contributed by atoms with E-state index >= 15 is 0 Å². The van der Waals surface area contributed by atoms with Crippen molar-refractivity contribution in [2.75, 3.05) is 13.7 Å². The summed E-state index contributed by atoms with van der Waals surface area (Å²) in [5, 5.41) is 2.71. The van der Waals surface area contributed by atoms with Gasteiger partial charge in [0, 0.05) is 7.11 Å². The van der Waals surface area contributed by atoms with Crippen LogP contribution in [0.25, 0.3) is 0 Å². The van der Waals surface area contributed by atoms with Crippen LogP contribution in [0.15, 0.2) is 44.0 Å². The number of amides is 1. The Hall–Kier alpha value is -1.53. The number of hydrogen-bond donors (Lipinski definition) is 1. The molecule has 0 saturated carbocycles. The number of carbonyl (C=O) groups excluding carboxylic acids is 1. The summed E-state index contributed by atoms with van der Waals surface area (Å²) in [6, 6.07) is 6.82. The van der Waals surface area contributed by atoms with Crippen molar-refractivity contribution in [3.05, 3.63) is 46.7 Å². The van der Waals surface area contributed by atoms with Crippen LogP contribution in [0.4, 0.5) is 0 Å². The van der Waals surface area contributed by atoms with E-state index in [4.69, 9.17) is 13.6 Å². The first-order valence-corrected chi connectivity index (χ1v) is 6.09. The zero-order chi connectivity index (χ0) is 13.0. The summed E-state index contributed by atoms with van der Waals surface area (Å²) in [4.78, 5) is 11.7. The van der Waals surface area contributed by atoms with Crippen molar-refractivity contribution in [2.24, 2.45) is 0 Å². The Morgan fingerprint density at radius 3 is 2.89 bits per heavy atom. The molecule has 0 radical (unpaired) electrons. The molecule has 0 aliphatic heterocycles. The van der Waals surface area contributed by atoms with E-state index in [9.17, 15) is 4.79 Å². The fraction of sp³-hybridized carbons (Fsp3) is 0.250. The molecular weight excluding hydrogens is 302 g/mol. The Labute approximate surface area is 112 Å². The molecular formula is C12H12BrNO4. The van der Waals surface area contributed by atoms with Gasteiger partial charge in [0.25, 0.3) is 5.91 Å². The molecule has 0 bridgehead atoms. The van der Waals surface area contributed by atoms with Gasteiger partial charge in [-0.1, -0.05) is 0 Å². The van der Waals surface area contributed by atoms with Gasteiger partial charge < -0.3 is 18.9 Å². The molecule has 1 N–H and O–H groups in total. The second-order valence-corrected chi connectivity index (χ2v) is 4.34. The average molecular weight is 314 g/mol. The van der Waals surface area contributed by atoms with Crippen molar-refractivity contribution in [3.8, 4) is 0 Å². The molecule has 5 nitrogen and oxygen atoms in total. The molecule has 96 valence electrons. The molecule has 1 atom stereocenters. The summed E-state index contributed by atoms with van der Waals surface area (Å²) in [6.07, 6.45) is 1.25. The fourth-order valence-electron chi connectivity index (χ4n) is 1.48. The van der Waals surface area contributed by atoms with Gasteiger partial charge in [0.15, 0.2) is 10.4 Å². The highest BCUT2D eigenvalue weighted by Gasteiger charge is 2.16. The molecule has 1 unspecified atom stereocenters. The highest BCUT2D eigenvalue weighted by molar-refractivity contribution is 9.10.